The number of nitrogens with two attached hydrogens (primary N) is 1. The van der Waals surface area contributed by atoms with Gasteiger partial charge in [0.2, 0.25) is 0 Å². The highest BCUT2D eigenvalue weighted by atomic mass is 32.1. The summed E-state index contributed by atoms with van der Waals surface area (Å²) in [7, 11) is 1.40. The third kappa shape index (κ3) is 4.55. The van der Waals surface area contributed by atoms with Crippen molar-refractivity contribution in [1.82, 2.24) is 4.98 Å². The molecule has 0 fully saturated rings. The summed E-state index contributed by atoms with van der Waals surface area (Å²) in [6, 6.07) is 1.92. The first-order valence-corrected chi connectivity index (χ1v) is 6.32. The number of anilines is 1. The highest BCUT2D eigenvalue weighted by molar-refractivity contribution is 7.80. The lowest BCUT2D eigenvalue weighted by atomic mass is 10.2. The summed E-state index contributed by atoms with van der Waals surface area (Å²) < 4.78 is 42.9. The number of likely N-dealkylation sites (N-methyl/N-ethyl adjacent to an activating group) is 1. The molecule has 0 aliphatic rings. The number of alkyl halides is 3. The molecule has 0 spiro atoms. The van der Waals surface area contributed by atoms with Crippen molar-refractivity contribution in [3.8, 4) is 0 Å². The van der Waals surface area contributed by atoms with Crippen molar-refractivity contribution >= 4 is 29.0 Å². The van der Waals surface area contributed by atoms with Crippen LogP contribution in [0.3, 0.4) is 0 Å². The van der Waals surface area contributed by atoms with E-state index in [0.29, 0.717) is 0 Å². The van der Waals surface area contributed by atoms with Crippen LogP contribution in [0.15, 0.2) is 12.1 Å². The maximum atomic E-state index is 12.7. The van der Waals surface area contributed by atoms with Crippen LogP contribution >= 0.6 is 12.2 Å². The second-order valence-electron chi connectivity index (χ2n) is 4.09. The van der Waals surface area contributed by atoms with E-state index in [1.54, 1.807) is 6.92 Å². The van der Waals surface area contributed by atoms with Gasteiger partial charge in [-0.15, -0.1) is 0 Å². The van der Waals surface area contributed by atoms with Crippen LogP contribution in [-0.4, -0.2) is 36.1 Å². The van der Waals surface area contributed by atoms with Crippen molar-refractivity contribution in [2.75, 3.05) is 25.1 Å². The molecule has 0 bridgehead atoms. The van der Waals surface area contributed by atoms with E-state index < -0.39 is 17.8 Å². The standard InChI is InChI=1S/C12H14F3N3O2S/c1-3-20-9(19)6-18(2)11-7(10(16)21)4-5-8(17-11)12(13,14)15/h4-5H,3,6H2,1-2H3,(H2,16,21). The van der Waals surface area contributed by atoms with Gasteiger partial charge >= 0.3 is 12.1 Å². The topological polar surface area (TPSA) is 68.5 Å². The molecule has 1 aromatic rings. The van der Waals surface area contributed by atoms with Crippen molar-refractivity contribution in [3.05, 3.63) is 23.4 Å². The molecule has 0 saturated carbocycles. The number of esters is 1. The molecule has 1 rings (SSSR count). The highest BCUT2D eigenvalue weighted by Crippen LogP contribution is 2.30. The smallest absolute Gasteiger partial charge is 0.433 e. The average Bonchev–Trinajstić information content (AvgIpc) is 2.36. The fourth-order valence-electron chi connectivity index (χ4n) is 1.56. The van der Waals surface area contributed by atoms with Crippen LogP contribution in [0.2, 0.25) is 0 Å². The molecular formula is C12H14F3N3O2S. The zero-order valence-corrected chi connectivity index (χ0v) is 12.2. The summed E-state index contributed by atoms with van der Waals surface area (Å²) in [4.78, 5) is 16.0. The van der Waals surface area contributed by atoms with Gasteiger partial charge < -0.3 is 15.4 Å². The molecule has 0 aromatic carbocycles. The van der Waals surface area contributed by atoms with Gasteiger partial charge in [-0.05, 0) is 19.1 Å². The molecular weight excluding hydrogens is 307 g/mol. The van der Waals surface area contributed by atoms with Crippen LogP contribution in [-0.2, 0) is 15.7 Å². The van der Waals surface area contributed by atoms with E-state index in [1.165, 1.54) is 11.9 Å². The lowest BCUT2D eigenvalue weighted by molar-refractivity contribution is -0.141. The number of ether oxygens (including phenoxy) is 1. The molecule has 0 atom stereocenters. The second kappa shape index (κ2) is 6.70. The third-order valence-corrected chi connectivity index (χ3v) is 2.68. The summed E-state index contributed by atoms with van der Waals surface area (Å²) in [5.41, 5.74) is 4.54. The number of nitrogens with zero attached hydrogens (tertiary/aromatic N) is 2. The zero-order chi connectivity index (χ0) is 16.2. The Labute approximate surface area is 124 Å². The molecule has 0 radical (unpaired) electrons. The van der Waals surface area contributed by atoms with E-state index in [1.807, 2.05) is 0 Å². The van der Waals surface area contributed by atoms with Crippen molar-refractivity contribution in [1.29, 1.82) is 0 Å². The Kier molecular flexibility index (Phi) is 5.47. The molecule has 0 saturated heterocycles. The van der Waals surface area contributed by atoms with Gasteiger partial charge in [0.05, 0.1) is 12.2 Å². The minimum Gasteiger partial charge on any atom is -0.465 e. The second-order valence-corrected chi connectivity index (χ2v) is 4.53. The molecule has 0 unspecified atom stereocenters. The molecule has 1 heterocycles. The van der Waals surface area contributed by atoms with Gasteiger partial charge in [0.1, 0.15) is 23.0 Å². The van der Waals surface area contributed by atoms with E-state index >= 15 is 0 Å². The van der Waals surface area contributed by atoms with Crippen LogP contribution in [0.5, 0.6) is 0 Å². The maximum Gasteiger partial charge on any atom is 0.433 e. The van der Waals surface area contributed by atoms with Gasteiger partial charge in [-0.1, -0.05) is 12.2 Å². The average molecular weight is 321 g/mol. The number of pyridine rings is 1. The molecule has 116 valence electrons. The normalized spacial score (nSPS) is 11.1. The van der Waals surface area contributed by atoms with Gasteiger partial charge in [-0.2, -0.15) is 13.2 Å². The number of hydrogen-bond acceptors (Lipinski definition) is 5. The Bertz CT molecular complexity index is 549. The Balaban J connectivity index is 3.17. The molecule has 1 aromatic heterocycles. The number of hydrogen-bond donors (Lipinski definition) is 1. The van der Waals surface area contributed by atoms with Crippen LogP contribution in [0.1, 0.15) is 18.2 Å². The molecule has 0 amide bonds. The van der Waals surface area contributed by atoms with Crippen molar-refractivity contribution < 1.29 is 22.7 Å². The minimum atomic E-state index is -4.60. The largest absolute Gasteiger partial charge is 0.465 e. The van der Waals surface area contributed by atoms with Crippen LogP contribution in [0, 0.1) is 0 Å². The number of rotatable bonds is 5. The Morgan fingerprint density at radius 2 is 2.10 bits per heavy atom. The monoisotopic (exact) mass is 321 g/mol. The van der Waals surface area contributed by atoms with E-state index in [2.05, 4.69) is 4.98 Å². The maximum absolute atomic E-state index is 12.7. The number of carbonyl (C=O) groups is 1. The SMILES string of the molecule is CCOC(=O)CN(C)c1nc(C(F)(F)F)ccc1C(N)=S. The Morgan fingerprint density at radius 3 is 2.57 bits per heavy atom. The summed E-state index contributed by atoms with van der Waals surface area (Å²) in [6.07, 6.45) is -4.60. The van der Waals surface area contributed by atoms with Crippen molar-refractivity contribution in [3.63, 3.8) is 0 Å². The molecule has 9 heteroatoms. The highest BCUT2D eigenvalue weighted by Gasteiger charge is 2.33. The quantitative estimate of drug-likeness (QED) is 0.658. The molecule has 2 N–H and O–H groups in total. The summed E-state index contributed by atoms with van der Waals surface area (Å²) >= 11 is 4.78. The molecule has 0 aliphatic carbocycles. The molecule has 5 nitrogen and oxygen atoms in total. The van der Waals surface area contributed by atoms with E-state index in [0.717, 1.165) is 12.1 Å². The van der Waals surface area contributed by atoms with Crippen LogP contribution < -0.4 is 10.6 Å². The lowest BCUT2D eigenvalue weighted by Gasteiger charge is -2.21. The van der Waals surface area contributed by atoms with E-state index in [-0.39, 0.29) is 29.5 Å². The minimum absolute atomic E-state index is 0.109. The Hall–Kier alpha value is -1.90. The third-order valence-electron chi connectivity index (χ3n) is 2.46. The number of carbonyl (C=O) groups excluding carboxylic acids is 1. The van der Waals surface area contributed by atoms with Crippen molar-refractivity contribution in [2.45, 2.75) is 13.1 Å². The summed E-state index contributed by atoms with van der Waals surface area (Å²) in [5, 5.41) is 0. The first kappa shape index (κ1) is 17.2. The summed E-state index contributed by atoms with van der Waals surface area (Å²) in [6.45, 7) is 1.53. The predicted octanol–water partition coefficient (Wildman–Crippen LogP) is 1.73. The van der Waals surface area contributed by atoms with Gasteiger partial charge in [-0.3, -0.25) is 4.79 Å². The lowest BCUT2D eigenvalue weighted by Crippen LogP contribution is -2.30. The van der Waals surface area contributed by atoms with Gasteiger partial charge in [0.25, 0.3) is 0 Å². The number of thiocarbonyl (C=S) groups is 1. The predicted molar refractivity (Wildman–Crippen MR) is 75.0 cm³/mol. The van der Waals surface area contributed by atoms with E-state index in [4.69, 9.17) is 22.7 Å². The van der Waals surface area contributed by atoms with Crippen LogP contribution in [0.4, 0.5) is 19.0 Å². The number of halogens is 3. The zero-order valence-electron chi connectivity index (χ0n) is 11.4. The molecule has 0 aliphatic heterocycles. The van der Waals surface area contributed by atoms with Crippen molar-refractivity contribution in [2.24, 2.45) is 5.73 Å². The van der Waals surface area contributed by atoms with Gasteiger partial charge in [-0.25, -0.2) is 4.98 Å². The van der Waals surface area contributed by atoms with Crippen LogP contribution in [0.25, 0.3) is 0 Å². The van der Waals surface area contributed by atoms with E-state index in [9.17, 15) is 18.0 Å². The summed E-state index contributed by atoms with van der Waals surface area (Å²) in [5.74, 6) is -0.710. The fraction of sp³-hybridized carbons (Fsp3) is 0.417. The van der Waals surface area contributed by atoms with Gasteiger partial charge in [0.15, 0.2) is 0 Å². The Morgan fingerprint density at radius 1 is 1.48 bits per heavy atom. The van der Waals surface area contributed by atoms with Gasteiger partial charge in [0, 0.05) is 7.05 Å². The number of aromatic nitrogens is 1. The first-order chi connectivity index (χ1) is 9.66. The fourth-order valence-corrected chi connectivity index (χ4v) is 1.72. The molecule has 21 heavy (non-hydrogen) atoms. The first-order valence-electron chi connectivity index (χ1n) is 5.91.